The maximum Gasteiger partial charge on any atom is 0.309 e. The highest BCUT2D eigenvalue weighted by Gasteiger charge is 2.45. The fourth-order valence-electron chi connectivity index (χ4n) is 2.75. The zero-order chi connectivity index (χ0) is 11.6. The molecule has 0 aromatic heterocycles. The molecule has 1 saturated heterocycles. The van der Waals surface area contributed by atoms with Crippen molar-refractivity contribution in [1.29, 1.82) is 0 Å². The molecule has 1 aliphatic carbocycles. The fourth-order valence-corrected chi connectivity index (χ4v) is 2.75. The molecule has 92 valence electrons. The van der Waals surface area contributed by atoms with Crippen molar-refractivity contribution in [2.24, 2.45) is 11.8 Å². The third-order valence-electron chi connectivity index (χ3n) is 3.56. The molecule has 1 saturated carbocycles. The number of rotatable bonds is 2. The standard InChI is InChI=1S/C12H20O4/c1-3-14-11(13)10-4-5-12(8-9(10)2)15-6-7-16-12/h9-10H,3-8H2,1-2H3/t9-,10-/m0/s1. The van der Waals surface area contributed by atoms with Gasteiger partial charge in [-0.15, -0.1) is 0 Å². The molecule has 0 aromatic rings. The molecule has 1 aliphatic heterocycles. The molecule has 4 heteroatoms. The zero-order valence-electron chi connectivity index (χ0n) is 10.0. The van der Waals surface area contributed by atoms with Crippen LogP contribution in [0.15, 0.2) is 0 Å². The first-order chi connectivity index (χ1) is 7.67. The summed E-state index contributed by atoms with van der Waals surface area (Å²) in [7, 11) is 0. The van der Waals surface area contributed by atoms with E-state index in [-0.39, 0.29) is 17.8 Å². The van der Waals surface area contributed by atoms with E-state index in [4.69, 9.17) is 14.2 Å². The van der Waals surface area contributed by atoms with Gasteiger partial charge in [0, 0.05) is 12.8 Å². The van der Waals surface area contributed by atoms with Gasteiger partial charge in [-0.25, -0.2) is 0 Å². The van der Waals surface area contributed by atoms with E-state index in [0.717, 1.165) is 19.3 Å². The Balaban J connectivity index is 1.94. The summed E-state index contributed by atoms with van der Waals surface area (Å²) >= 11 is 0. The Hall–Kier alpha value is -0.610. The highest BCUT2D eigenvalue weighted by molar-refractivity contribution is 5.72. The van der Waals surface area contributed by atoms with Crippen molar-refractivity contribution in [3.63, 3.8) is 0 Å². The summed E-state index contributed by atoms with van der Waals surface area (Å²) < 4.78 is 16.4. The Morgan fingerprint density at radius 1 is 1.44 bits per heavy atom. The minimum atomic E-state index is -0.400. The van der Waals surface area contributed by atoms with Crippen LogP contribution >= 0.6 is 0 Å². The Kier molecular flexibility index (Phi) is 3.50. The average Bonchev–Trinajstić information content (AvgIpc) is 2.66. The second kappa shape index (κ2) is 4.72. The van der Waals surface area contributed by atoms with Gasteiger partial charge >= 0.3 is 5.97 Å². The van der Waals surface area contributed by atoms with E-state index in [2.05, 4.69) is 6.92 Å². The van der Waals surface area contributed by atoms with Crippen LogP contribution in [-0.2, 0) is 19.0 Å². The second-order valence-corrected chi connectivity index (χ2v) is 4.69. The van der Waals surface area contributed by atoms with E-state index in [9.17, 15) is 4.79 Å². The van der Waals surface area contributed by atoms with Crippen LogP contribution in [0.25, 0.3) is 0 Å². The lowest BCUT2D eigenvalue weighted by Crippen LogP contribution is -2.42. The summed E-state index contributed by atoms with van der Waals surface area (Å²) in [6.07, 6.45) is 2.41. The highest BCUT2D eigenvalue weighted by atomic mass is 16.7. The lowest BCUT2D eigenvalue weighted by molar-refractivity contribution is -0.198. The smallest absolute Gasteiger partial charge is 0.309 e. The van der Waals surface area contributed by atoms with E-state index >= 15 is 0 Å². The molecule has 4 nitrogen and oxygen atoms in total. The molecule has 2 aliphatic rings. The van der Waals surface area contributed by atoms with Crippen molar-refractivity contribution < 1.29 is 19.0 Å². The van der Waals surface area contributed by atoms with E-state index in [1.54, 1.807) is 0 Å². The number of hydrogen-bond acceptors (Lipinski definition) is 4. The van der Waals surface area contributed by atoms with Crippen LogP contribution in [-0.4, -0.2) is 31.6 Å². The Labute approximate surface area is 96.2 Å². The van der Waals surface area contributed by atoms with E-state index in [1.165, 1.54) is 0 Å². The third-order valence-corrected chi connectivity index (χ3v) is 3.56. The van der Waals surface area contributed by atoms with Gasteiger partial charge in [0.1, 0.15) is 0 Å². The van der Waals surface area contributed by atoms with Crippen molar-refractivity contribution >= 4 is 5.97 Å². The van der Waals surface area contributed by atoms with Crippen LogP contribution in [0.2, 0.25) is 0 Å². The van der Waals surface area contributed by atoms with Crippen molar-refractivity contribution in [3.05, 3.63) is 0 Å². The monoisotopic (exact) mass is 228 g/mol. The van der Waals surface area contributed by atoms with Gasteiger partial charge in [-0.05, 0) is 19.3 Å². The zero-order valence-corrected chi connectivity index (χ0v) is 10.0. The van der Waals surface area contributed by atoms with Crippen LogP contribution in [0, 0.1) is 11.8 Å². The van der Waals surface area contributed by atoms with Gasteiger partial charge in [-0.3, -0.25) is 4.79 Å². The molecule has 0 N–H and O–H groups in total. The summed E-state index contributed by atoms with van der Waals surface area (Å²) in [4.78, 5) is 11.7. The first-order valence-electron chi connectivity index (χ1n) is 6.11. The molecule has 2 fully saturated rings. The fraction of sp³-hybridized carbons (Fsp3) is 0.917. The predicted molar refractivity (Wildman–Crippen MR) is 57.8 cm³/mol. The third kappa shape index (κ3) is 2.23. The molecule has 16 heavy (non-hydrogen) atoms. The van der Waals surface area contributed by atoms with Crippen LogP contribution in [0.1, 0.15) is 33.1 Å². The minimum absolute atomic E-state index is 0.0124. The molecule has 1 spiro atoms. The van der Waals surface area contributed by atoms with Gasteiger partial charge in [0.05, 0.1) is 25.7 Å². The van der Waals surface area contributed by atoms with Gasteiger partial charge in [0.25, 0.3) is 0 Å². The summed E-state index contributed by atoms with van der Waals surface area (Å²) in [5.41, 5.74) is 0. The van der Waals surface area contributed by atoms with Gasteiger partial charge in [-0.2, -0.15) is 0 Å². The predicted octanol–water partition coefficient (Wildman–Crippen LogP) is 1.73. The maximum atomic E-state index is 11.7. The lowest BCUT2D eigenvalue weighted by atomic mass is 9.77. The van der Waals surface area contributed by atoms with Gasteiger partial charge in [0.15, 0.2) is 5.79 Å². The minimum Gasteiger partial charge on any atom is -0.466 e. The summed E-state index contributed by atoms with van der Waals surface area (Å²) in [6, 6.07) is 0. The summed E-state index contributed by atoms with van der Waals surface area (Å²) in [5.74, 6) is -0.185. The van der Waals surface area contributed by atoms with Crippen LogP contribution < -0.4 is 0 Å². The Bertz CT molecular complexity index is 258. The van der Waals surface area contributed by atoms with Gasteiger partial charge in [-0.1, -0.05) is 6.92 Å². The highest BCUT2D eigenvalue weighted by Crippen LogP contribution is 2.41. The van der Waals surface area contributed by atoms with Crippen molar-refractivity contribution in [2.45, 2.75) is 38.9 Å². The summed E-state index contributed by atoms with van der Waals surface area (Å²) in [6.45, 7) is 5.73. The number of carbonyl (C=O) groups excluding carboxylic acids is 1. The number of ether oxygens (including phenoxy) is 3. The van der Waals surface area contributed by atoms with Crippen molar-refractivity contribution in [1.82, 2.24) is 0 Å². The summed E-state index contributed by atoms with van der Waals surface area (Å²) in [5, 5.41) is 0. The average molecular weight is 228 g/mol. The van der Waals surface area contributed by atoms with Crippen LogP contribution in [0.4, 0.5) is 0 Å². The van der Waals surface area contributed by atoms with Gasteiger partial charge in [0.2, 0.25) is 0 Å². The quantitative estimate of drug-likeness (QED) is 0.675. The first kappa shape index (κ1) is 11.9. The molecule has 0 amide bonds. The maximum absolute atomic E-state index is 11.7. The van der Waals surface area contributed by atoms with Gasteiger partial charge < -0.3 is 14.2 Å². The molecule has 0 aromatic carbocycles. The molecule has 0 bridgehead atoms. The normalized spacial score (nSPS) is 32.9. The van der Waals surface area contributed by atoms with Crippen LogP contribution in [0.5, 0.6) is 0 Å². The van der Waals surface area contributed by atoms with E-state index < -0.39 is 5.79 Å². The topological polar surface area (TPSA) is 44.8 Å². The number of carbonyl (C=O) groups is 1. The second-order valence-electron chi connectivity index (χ2n) is 4.69. The van der Waals surface area contributed by atoms with Crippen LogP contribution in [0.3, 0.4) is 0 Å². The van der Waals surface area contributed by atoms with Crippen molar-refractivity contribution in [2.75, 3.05) is 19.8 Å². The first-order valence-corrected chi connectivity index (χ1v) is 6.11. The molecule has 1 heterocycles. The SMILES string of the molecule is CCOC(=O)[C@H]1CCC2(C[C@@H]1C)OCCO2. The largest absolute Gasteiger partial charge is 0.466 e. The lowest BCUT2D eigenvalue weighted by Gasteiger charge is -2.38. The molecule has 0 radical (unpaired) electrons. The molecular weight excluding hydrogens is 208 g/mol. The Morgan fingerprint density at radius 3 is 2.69 bits per heavy atom. The molecule has 2 rings (SSSR count). The Morgan fingerprint density at radius 2 is 2.12 bits per heavy atom. The van der Waals surface area contributed by atoms with Crippen molar-refractivity contribution in [3.8, 4) is 0 Å². The molecule has 0 unspecified atom stereocenters. The van der Waals surface area contributed by atoms with E-state index in [0.29, 0.717) is 19.8 Å². The van der Waals surface area contributed by atoms with E-state index in [1.807, 2.05) is 6.92 Å². The number of esters is 1. The molecular formula is C12H20O4. The number of hydrogen-bond donors (Lipinski definition) is 0. The molecule has 2 atom stereocenters.